The molecule has 0 fully saturated rings. The van der Waals surface area contributed by atoms with Crippen LogP contribution in [0.5, 0.6) is 0 Å². The van der Waals surface area contributed by atoms with Crippen LogP contribution in [-0.4, -0.2) is 24.5 Å². The summed E-state index contributed by atoms with van der Waals surface area (Å²) in [5.41, 5.74) is 1.86. The smallest absolute Gasteiger partial charge is 0.191 e. The third kappa shape index (κ3) is 5.53. The first kappa shape index (κ1) is 19.4. The molecule has 2 rings (SSSR count). The van der Waals surface area contributed by atoms with Gasteiger partial charge in [-0.1, -0.05) is 39.8 Å². The first-order valence-electron chi connectivity index (χ1n) is 8.46. The molecule has 4 nitrogen and oxygen atoms in total. The monoisotopic (exact) mass is 362 g/mol. The summed E-state index contributed by atoms with van der Waals surface area (Å²) in [4.78, 5) is 8.87. The SMILES string of the molecule is CN=C(NCc1nc(C(C)C)cs1)NCC(C)(C)c1cccc(F)c1. The molecule has 136 valence electrons. The van der Waals surface area contributed by atoms with Gasteiger partial charge in [-0.05, 0) is 23.6 Å². The Balaban J connectivity index is 1.91. The topological polar surface area (TPSA) is 49.3 Å². The first-order chi connectivity index (χ1) is 11.8. The lowest BCUT2D eigenvalue weighted by atomic mass is 9.84. The van der Waals surface area contributed by atoms with Crippen molar-refractivity contribution >= 4 is 17.3 Å². The summed E-state index contributed by atoms with van der Waals surface area (Å²) in [6.45, 7) is 9.72. The van der Waals surface area contributed by atoms with Crippen molar-refractivity contribution in [2.75, 3.05) is 13.6 Å². The molecule has 1 aromatic heterocycles. The third-order valence-electron chi connectivity index (χ3n) is 4.10. The number of benzene rings is 1. The predicted molar refractivity (Wildman–Crippen MR) is 104 cm³/mol. The molecular formula is C19H27FN4S. The van der Waals surface area contributed by atoms with Crippen LogP contribution in [0, 0.1) is 5.82 Å². The molecule has 0 aliphatic heterocycles. The van der Waals surface area contributed by atoms with Crippen LogP contribution in [0.4, 0.5) is 4.39 Å². The molecule has 25 heavy (non-hydrogen) atoms. The molecule has 0 amide bonds. The summed E-state index contributed by atoms with van der Waals surface area (Å²) in [6.07, 6.45) is 0. The van der Waals surface area contributed by atoms with Crippen LogP contribution in [0.2, 0.25) is 0 Å². The number of aromatic nitrogens is 1. The van der Waals surface area contributed by atoms with Gasteiger partial charge in [0.2, 0.25) is 0 Å². The van der Waals surface area contributed by atoms with E-state index in [1.54, 1.807) is 30.5 Å². The van der Waals surface area contributed by atoms with Gasteiger partial charge in [-0.15, -0.1) is 11.3 Å². The minimum Gasteiger partial charge on any atom is -0.356 e. The zero-order valence-corrected chi connectivity index (χ0v) is 16.4. The van der Waals surface area contributed by atoms with Gasteiger partial charge in [-0.3, -0.25) is 4.99 Å². The van der Waals surface area contributed by atoms with Gasteiger partial charge in [0, 0.05) is 24.4 Å². The number of guanidine groups is 1. The molecule has 0 saturated heterocycles. The number of hydrogen-bond acceptors (Lipinski definition) is 3. The van der Waals surface area contributed by atoms with Gasteiger partial charge in [0.1, 0.15) is 10.8 Å². The number of aliphatic imine (C=N–C) groups is 1. The lowest BCUT2D eigenvalue weighted by molar-refractivity contribution is 0.503. The highest BCUT2D eigenvalue weighted by atomic mass is 32.1. The molecule has 0 atom stereocenters. The van der Waals surface area contributed by atoms with Crippen molar-refractivity contribution < 1.29 is 4.39 Å². The molecular weight excluding hydrogens is 335 g/mol. The summed E-state index contributed by atoms with van der Waals surface area (Å²) in [6, 6.07) is 6.74. The molecule has 2 N–H and O–H groups in total. The van der Waals surface area contributed by atoms with Gasteiger partial charge < -0.3 is 10.6 Å². The van der Waals surface area contributed by atoms with Crippen molar-refractivity contribution in [2.24, 2.45) is 4.99 Å². The van der Waals surface area contributed by atoms with Crippen molar-refractivity contribution in [1.82, 2.24) is 15.6 Å². The standard InChI is InChI=1S/C19H27FN4S/c1-13(2)16-11-25-17(24-16)10-22-18(21-5)23-12-19(3,4)14-7-6-8-15(20)9-14/h6-9,11,13H,10,12H2,1-5H3,(H2,21,22,23). The number of hydrogen-bond donors (Lipinski definition) is 2. The fraction of sp³-hybridized carbons (Fsp3) is 0.474. The van der Waals surface area contributed by atoms with Gasteiger partial charge in [-0.25, -0.2) is 9.37 Å². The van der Waals surface area contributed by atoms with E-state index < -0.39 is 0 Å². The van der Waals surface area contributed by atoms with Crippen LogP contribution in [-0.2, 0) is 12.0 Å². The molecule has 0 saturated carbocycles. The second-order valence-electron chi connectivity index (χ2n) is 6.99. The molecule has 0 aliphatic rings. The molecule has 0 aliphatic carbocycles. The van der Waals surface area contributed by atoms with Crippen LogP contribution in [0.1, 0.15) is 49.9 Å². The van der Waals surface area contributed by atoms with E-state index in [2.05, 4.69) is 53.7 Å². The number of thiazole rings is 1. The van der Waals surface area contributed by atoms with Gasteiger partial charge in [0.15, 0.2) is 5.96 Å². The summed E-state index contributed by atoms with van der Waals surface area (Å²) in [5, 5.41) is 9.75. The van der Waals surface area contributed by atoms with Gasteiger partial charge in [0.25, 0.3) is 0 Å². The molecule has 0 radical (unpaired) electrons. The Morgan fingerprint density at radius 1 is 1.32 bits per heavy atom. The number of nitrogens with zero attached hydrogens (tertiary/aromatic N) is 2. The Morgan fingerprint density at radius 3 is 2.68 bits per heavy atom. The van der Waals surface area contributed by atoms with Crippen LogP contribution in [0.25, 0.3) is 0 Å². The third-order valence-corrected chi connectivity index (χ3v) is 4.96. The molecule has 2 aromatic rings. The average Bonchev–Trinajstić information content (AvgIpc) is 3.04. The second-order valence-corrected chi connectivity index (χ2v) is 7.94. The molecule has 1 aromatic carbocycles. The quantitative estimate of drug-likeness (QED) is 0.602. The highest BCUT2D eigenvalue weighted by molar-refractivity contribution is 7.09. The van der Waals surface area contributed by atoms with Crippen LogP contribution in [0.3, 0.4) is 0 Å². The van der Waals surface area contributed by atoms with Crippen molar-refractivity contribution in [1.29, 1.82) is 0 Å². The normalized spacial score (nSPS) is 12.5. The summed E-state index contributed by atoms with van der Waals surface area (Å²) >= 11 is 1.65. The summed E-state index contributed by atoms with van der Waals surface area (Å²) in [5.74, 6) is 0.943. The number of nitrogens with one attached hydrogen (secondary N) is 2. The second kappa shape index (κ2) is 8.43. The van der Waals surface area contributed by atoms with E-state index in [4.69, 9.17) is 0 Å². The molecule has 0 unspecified atom stereocenters. The zero-order chi connectivity index (χ0) is 18.4. The lowest BCUT2D eigenvalue weighted by Gasteiger charge is -2.26. The largest absolute Gasteiger partial charge is 0.356 e. The van der Waals surface area contributed by atoms with Crippen molar-refractivity contribution in [3.05, 3.63) is 51.7 Å². The van der Waals surface area contributed by atoms with E-state index in [0.29, 0.717) is 25.0 Å². The first-order valence-corrected chi connectivity index (χ1v) is 9.34. The van der Waals surface area contributed by atoms with Gasteiger partial charge in [-0.2, -0.15) is 0 Å². The molecule has 6 heteroatoms. The van der Waals surface area contributed by atoms with E-state index in [-0.39, 0.29) is 11.2 Å². The van der Waals surface area contributed by atoms with E-state index in [1.807, 2.05) is 6.07 Å². The lowest BCUT2D eigenvalue weighted by Crippen LogP contribution is -2.43. The van der Waals surface area contributed by atoms with E-state index >= 15 is 0 Å². The van der Waals surface area contributed by atoms with Crippen LogP contribution < -0.4 is 10.6 Å². The highest BCUT2D eigenvalue weighted by Crippen LogP contribution is 2.23. The Hall–Kier alpha value is -1.95. The minimum atomic E-state index is -0.217. The van der Waals surface area contributed by atoms with Crippen LogP contribution >= 0.6 is 11.3 Å². The van der Waals surface area contributed by atoms with Crippen molar-refractivity contribution in [3.63, 3.8) is 0 Å². The Labute approximate surface area is 153 Å². The summed E-state index contributed by atoms with van der Waals surface area (Å²) in [7, 11) is 1.74. The number of rotatable bonds is 6. The maximum Gasteiger partial charge on any atom is 0.191 e. The Bertz CT molecular complexity index is 722. The summed E-state index contributed by atoms with van der Waals surface area (Å²) < 4.78 is 13.5. The van der Waals surface area contributed by atoms with E-state index in [0.717, 1.165) is 16.3 Å². The molecule has 0 spiro atoms. The fourth-order valence-electron chi connectivity index (χ4n) is 2.37. The maximum atomic E-state index is 13.5. The average molecular weight is 363 g/mol. The Morgan fingerprint density at radius 2 is 2.08 bits per heavy atom. The van der Waals surface area contributed by atoms with Gasteiger partial charge in [0.05, 0.1) is 12.2 Å². The minimum absolute atomic E-state index is 0.210. The van der Waals surface area contributed by atoms with E-state index in [9.17, 15) is 4.39 Å². The van der Waals surface area contributed by atoms with Crippen LogP contribution in [0.15, 0.2) is 34.6 Å². The Kier molecular flexibility index (Phi) is 6.53. The van der Waals surface area contributed by atoms with Gasteiger partial charge >= 0.3 is 0 Å². The maximum absolute atomic E-state index is 13.5. The fourth-order valence-corrected chi connectivity index (χ4v) is 3.26. The number of halogens is 1. The highest BCUT2D eigenvalue weighted by Gasteiger charge is 2.21. The molecule has 0 bridgehead atoms. The van der Waals surface area contributed by atoms with Crippen molar-refractivity contribution in [2.45, 2.75) is 45.6 Å². The zero-order valence-electron chi connectivity index (χ0n) is 15.6. The van der Waals surface area contributed by atoms with Crippen molar-refractivity contribution in [3.8, 4) is 0 Å². The molecule has 1 heterocycles. The predicted octanol–water partition coefficient (Wildman–Crippen LogP) is 4.05. The van der Waals surface area contributed by atoms with E-state index in [1.165, 1.54) is 6.07 Å².